The van der Waals surface area contributed by atoms with Crippen molar-refractivity contribution in [3.8, 4) is 11.3 Å². The van der Waals surface area contributed by atoms with Gasteiger partial charge in [0.2, 0.25) is 5.95 Å². The number of anilines is 3. The Morgan fingerprint density at radius 2 is 1.97 bits per heavy atom. The highest BCUT2D eigenvalue weighted by atomic mass is 16.5. The van der Waals surface area contributed by atoms with Crippen LogP contribution in [0.25, 0.3) is 11.3 Å². The second kappa shape index (κ2) is 9.01. The summed E-state index contributed by atoms with van der Waals surface area (Å²) < 4.78 is 5.44. The fourth-order valence-corrected chi connectivity index (χ4v) is 4.21. The Bertz CT molecular complexity index is 1090. The van der Waals surface area contributed by atoms with Crippen molar-refractivity contribution in [1.82, 2.24) is 30.2 Å². The quantitative estimate of drug-likeness (QED) is 0.473. The number of hydrogen-bond acceptors (Lipinski definition) is 9. The summed E-state index contributed by atoms with van der Waals surface area (Å²) in [4.78, 5) is 14.2. The van der Waals surface area contributed by atoms with E-state index in [1.807, 2.05) is 6.07 Å². The van der Waals surface area contributed by atoms with Gasteiger partial charge in [0.05, 0.1) is 29.2 Å². The van der Waals surface area contributed by atoms with Crippen molar-refractivity contribution in [2.24, 2.45) is 0 Å². The maximum Gasteiger partial charge on any atom is 0.227 e. The molecule has 0 aromatic carbocycles. The molecule has 3 aromatic heterocycles. The second-order valence-corrected chi connectivity index (χ2v) is 9.26. The second-order valence-electron chi connectivity index (χ2n) is 9.26. The van der Waals surface area contributed by atoms with E-state index < -0.39 is 0 Å². The number of H-pyrrole nitrogens is 1. The number of nitrogens with zero attached hydrogens (tertiary/aromatic N) is 6. The normalized spacial score (nSPS) is 17.2. The Morgan fingerprint density at radius 3 is 2.64 bits per heavy atom. The fourth-order valence-electron chi connectivity index (χ4n) is 4.21. The molecule has 5 rings (SSSR count). The summed E-state index contributed by atoms with van der Waals surface area (Å²) in [5.74, 6) is 3.38. The molecule has 10 nitrogen and oxygen atoms in total. The van der Waals surface area contributed by atoms with Gasteiger partial charge in [-0.05, 0) is 31.4 Å². The number of nitrogens with one attached hydrogen (secondary N) is 2. The average Bonchev–Trinajstić information content (AvgIpc) is 3.35. The molecule has 3 aromatic rings. The molecule has 0 unspecified atom stereocenters. The summed E-state index contributed by atoms with van der Waals surface area (Å²) in [5, 5.41) is 15.1. The number of hydrogen-bond donors (Lipinski definition) is 3. The lowest BCUT2D eigenvalue weighted by Crippen LogP contribution is -2.46. The summed E-state index contributed by atoms with van der Waals surface area (Å²) in [6.07, 6.45) is 2.40. The van der Waals surface area contributed by atoms with Gasteiger partial charge in [0.1, 0.15) is 11.6 Å². The maximum atomic E-state index is 6.52. The van der Waals surface area contributed by atoms with Gasteiger partial charge in [-0.15, -0.1) is 0 Å². The molecular weight excluding hydrogens is 418 g/mol. The lowest BCUT2D eigenvalue weighted by atomic mass is 10.1. The minimum absolute atomic E-state index is 0.317. The van der Waals surface area contributed by atoms with E-state index in [2.05, 4.69) is 62.3 Å². The molecule has 4 N–H and O–H groups in total. The third-order valence-electron chi connectivity index (χ3n) is 6.49. The Hall–Kier alpha value is -3.14. The van der Waals surface area contributed by atoms with E-state index in [4.69, 9.17) is 15.2 Å². The molecule has 10 heteroatoms. The van der Waals surface area contributed by atoms with Crippen molar-refractivity contribution < 1.29 is 4.52 Å². The van der Waals surface area contributed by atoms with Crippen molar-refractivity contribution in [2.75, 3.05) is 48.7 Å². The zero-order valence-electron chi connectivity index (χ0n) is 19.6. The van der Waals surface area contributed by atoms with Crippen LogP contribution in [0.5, 0.6) is 0 Å². The molecule has 2 fully saturated rings. The molecule has 0 amide bonds. The van der Waals surface area contributed by atoms with Crippen LogP contribution in [0.3, 0.4) is 0 Å². The van der Waals surface area contributed by atoms with Crippen LogP contribution in [0.1, 0.15) is 62.6 Å². The van der Waals surface area contributed by atoms with E-state index in [9.17, 15) is 0 Å². The predicted octanol–water partition coefficient (Wildman–Crippen LogP) is 3.19. The van der Waals surface area contributed by atoms with Crippen LogP contribution >= 0.6 is 0 Å². The highest BCUT2D eigenvalue weighted by Gasteiger charge is 2.29. The van der Waals surface area contributed by atoms with Gasteiger partial charge in [0.25, 0.3) is 0 Å². The third kappa shape index (κ3) is 4.66. The molecule has 0 bridgehead atoms. The summed E-state index contributed by atoms with van der Waals surface area (Å²) in [6.45, 7) is 11.6. The number of likely N-dealkylation sites (N-methyl/N-ethyl adjacent to an activating group) is 1. The lowest BCUT2D eigenvalue weighted by molar-refractivity contribution is 0.270. The lowest BCUT2D eigenvalue weighted by Gasteiger charge is -2.35. The molecule has 0 spiro atoms. The first-order valence-electron chi connectivity index (χ1n) is 11.9. The standard InChI is InChI=1S/C23H33N9O/c1-4-31-7-9-32(10-8-31)22-20(19-12-18(28-29-19)15-5-6-15)21(24)26-23(27-22)25-13-16-11-17(14(2)3)30-33-16/h11-12,14-15H,4-10,13H2,1-3H3,(H,28,29)(H3,24,25,26,27). The molecule has 33 heavy (non-hydrogen) atoms. The first-order chi connectivity index (χ1) is 16.0. The molecule has 4 heterocycles. The van der Waals surface area contributed by atoms with Crippen molar-refractivity contribution >= 4 is 17.6 Å². The largest absolute Gasteiger partial charge is 0.383 e. The average molecular weight is 452 g/mol. The number of aromatic amines is 1. The first-order valence-corrected chi connectivity index (χ1v) is 11.9. The van der Waals surface area contributed by atoms with Crippen LogP contribution < -0.4 is 16.0 Å². The highest BCUT2D eigenvalue weighted by Crippen LogP contribution is 2.41. The maximum absolute atomic E-state index is 6.52. The summed E-state index contributed by atoms with van der Waals surface area (Å²) in [5.41, 5.74) is 10.3. The third-order valence-corrected chi connectivity index (χ3v) is 6.49. The van der Waals surface area contributed by atoms with Crippen LogP contribution in [0.4, 0.5) is 17.6 Å². The van der Waals surface area contributed by atoms with E-state index in [1.165, 1.54) is 12.8 Å². The predicted molar refractivity (Wildman–Crippen MR) is 128 cm³/mol. The van der Waals surface area contributed by atoms with E-state index in [-0.39, 0.29) is 0 Å². The first kappa shape index (κ1) is 21.7. The smallest absolute Gasteiger partial charge is 0.227 e. The molecule has 1 saturated heterocycles. The Balaban J connectivity index is 1.43. The van der Waals surface area contributed by atoms with Gasteiger partial charge < -0.3 is 25.4 Å². The van der Waals surface area contributed by atoms with E-state index in [1.54, 1.807) is 0 Å². The molecule has 1 aliphatic heterocycles. The number of nitrogens with two attached hydrogens (primary N) is 1. The van der Waals surface area contributed by atoms with Gasteiger partial charge in [-0.3, -0.25) is 5.10 Å². The molecule has 0 atom stereocenters. The molecule has 1 aliphatic carbocycles. The summed E-state index contributed by atoms with van der Waals surface area (Å²) in [7, 11) is 0. The van der Waals surface area contributed by atoms with Gasteiger partial charge >= 0.3 is 0 Å². The van der Waals surface area contributed by atoms with E-state index in [0.29, 0.717) is 30.1 Å². The van der Waals surface area contributed by atoms with Crippen molar-refractivity contribution in [1.29, 1.82) is 0 Å². The Morgan fingerprint density at radius 1 is 1.18 bits per heavy atom. The van der Waals surface area contributed by atoms with Crippen LogP contribution in [-0.2, 0) is 6.54 Å². The van der Waals surface area contributed by atoms with Crippen molar-refractivity contribution in [3.63, 3.8) is 0 Å². The van der Waals surface area contributed by atoms with Crippen LogP contribution in [0.15, 0.2) is 16.7 Å². The molecule has 0 radical (unpaired) electrons. The van der Waals surface area contributed by atoms with Gasteiger partial charge in [0, 0.05) is 38.2 Å². The minimum Gasteiger partial charge on any atom is -0.383 e. The zero-order chi connectivity index (χ0) is 22.9. The number of nitrogen functional groups attached to an aromatic ring is 1. The SMILES string of the molecule is CCN1CCN(c2nc(NCc3cc(C(C)C)no3)nc(N)c2-c2cc(C3CC3)n[nH]2)CC1. The van der Waals surface area contributed by atoms with Crippen LogP contribution in [-0.4, -0.2) is 62.9 Å². The van der Waals surface area contributed by atoms with Crippen molar-refractivity contribution in [2.45, 2.75) is 52.0 Å². The number of aromatic nitrogens is 5. The number of piperazine rings is 1. The highest BCUT2D eigenvalue weighted by molar-refractivity contribution is 5.83. The van der Waals surface area contributed by atoms with E-state index >= 15 is 0 Å². The summed E-state index contributed by atoms with van der Waals surface area (Å²) in [6, 6.07) is 4.07. The van der Waals surface area contributed by atoms with Gasteiger partial charge in [0.15, 0.2) is 5.76 Å². The van der Waals surface area contributed by atoms with Crippen LogP contribution in [0.2, 0.25) is 0 Å². The van der Waals surface area contributed by atoms with Gasteiger partial charge in [-0.2, -0.15) is 15.1 Å². The van der Waals surface area contributed by atoms with Crippen LogP contribution in [0, 0.1) is 0 Å². The van der Waals surface area contributed by atoms with Gasteiger partial charge in [-0.25, -0.2) is 0 Å². The molecule has 2 aliphatic rings. The molecular formula is C23H33N9O. The zero-order valence-corrected chi connectivity index (χ0v) is 19.6. The topological polar surface area (TPSA) is 125 Å². The Kier molecular flexibility index (Phi) is 5.92. The van der Waals surface area contributed by atoms with E-state index in [0.717, 1.165) is 66.9 Å². The van der Waals surface area contributed by atoms with Gasteiger partial charge in [-0.1, -0.05) is 25.9 Å². The van der Waals surface area contributed by atoms with Crippen molar-refractivity contribution in [3.05, 3.63) is 29.3 Å². The number of rotatable bonds is 8. The molecule has 176 valence electrons. The molecule has 1 saturated carbocycles. The Labute approximate surface area is 193 Å². The fraction of sp³-hybridized carbons (Fsp3) is 0.565. The minimum atomic E-state index is 0.317. The monoisotopic (exact) mass is 451 g/mol. The summed E-state index contributed by atoms with van der Waals surface area (Å²) >= 11 is 0.